The fourth-order valence-electron chi connectivity index (χ4n) is 2.40. The zero-order chi connectivity index (χ0) is 18.1. The molecule has 0 saturated heterocycles. The van der Waals surface area contributed by atoms with Crippen LogP contribution in [0.3, 0.4) is 0 Å². The highest BCUT2D eigenvalue weighted by Crippen LogP contribution is 2.34. The van der Waals surface area contributed by atoms with Crippen LogP contribution in [-0.4, -0.2) is 23.8 Å². The molecule has 0 spiro atoms. The average Bonchev–Trinajstić information content (AvgIpc) is 2.34. The van der Waals surface area contributed by atoms with Crippen LogP contribution < -0.4 is 10.6 Å². The molecule has 1 fully saturated rings. The van der Waals surface area contributed by atoms with E-state index in [0.717, 1.165) is 12.1 Å². The Kier molecular flexibility index (Phi) is 4.96. The molecule has 1 aromatic rings. The molecule has 2 N–H and O–H groups in total. The molecule has 0 aliphatic heterocycles. The van der Waals surface area contributed by atoms with Gasteiger partial charge in [0.15, 0.2) is 0 Å². The van der Waals surface area contributed by atoms with Gasteiger partial charge < -0.3 is 15.4 Å². The normalized spacial score (nSPS) is 21.0. The summed E-state index contributed by atoms with van der Waals surface area (Å²) >= 11 is 0. The van der Waals surface area contributed by atoms with E-state index in [4.69, 9.17) is 4.74 Å². The van der Waals surface area contributed by atoms with Crippen LogP contribution in [0.2, 0.25) is 0 Å². The van der Waals surface area contributed by atoms with Crippen LogP contribution in [-0.2, 0) is 10.9 Å². The van der Waals surface area contributed by atoms with Gasteiger partial charge in [0.1, 0.15) is 11.4 Å². The van der Waals surface area contributed by atoms with Crippen LogP contribution in [0, 0.1) is 5.82 Å². The SMILES string of the molecule is CC(C)(C)OC(=O)NC1CC(Nc2ccc(F)c(C(F)(F)F)c2)C1. The molecule has 1 amide bonds. The van der Waals surface area contributed by atoms with Crippen LogP contribution >= 0.6 is 0 Å². The Morgan fingerprint density at radius 2 is 1.79 bits per heavy atom. The number of ether oxygens (including phenoxy) is 1. The van der Waals surface area contributed by atoms with Gasteiger partial charge in [0.2, 0.25) is 0 Å². The summed E-state index contributed by atoms with van der Waals surface area (Å²) in [5.41, 5.74) is -1.69. The molecule has 0 radical (unpaired) electrons. The Morgan fingerprint density at radius 3 is 2.33 bits per heavy atom. The summed E-state index contributed by atoms with van der Waals surface area (Å²) < 4.78 is 56.4. The van der Waals surface area contributed by atoms with Crippen molar-refractivity contribution in [1.29, 1.82) is 0 Å². The van der Waals surface area contributed by atoms with E-state index in [1.807, 2.05) is 0 Å². The molecule has 4 nitrogen and oxygen atoms in total. The lowest BCUT2D eigenvalue weighted by Crippen LogP contribution is -2.50. The molecule has 1 saturated carbocycles. The Bertz CT molecular complexity index is 605. The highest BCUT2D eigenvalue weighted by atomic mass is 19.4. The van der Waals surface area contributed by atoms with E-state index in [1.165, 1.54) is 6.07 Å². The summed E-state index contributed by atoms with van der Waals surface area (Å²) in [6.07, 6.45) is -4.15. The van der Waals surface area contributed by atoms with Crippen molar-refractivity contribution in [1.82, 2.24) is 5.32 Å². The fourth-order valence-corrected chi connectivity index (χ4v) is 2.40. The zero-order valence-corrected chi connectivity index (χ0v) is 13.6. The number of carbonyl (C=O) groups is 1. The second kappa shape index (κ2) is 6.49. The molecule has 8 heteroatoms. The third-order valence-corrected chi connectivity index (χ3v) is 3.50. The highest BCUT2D eigenvalue weighted by molar-refractivity contribution is 5.68. The topological polar surface area (TPSA) is 50.4 Å². The third kappa shape index (κ3) is 5.01. The van der Waals surface area contributed by atoms with E-state index in [9.17, 15) is 22.4 Å². The van der Waals surface area contributed by atoms with Crippen molar-refractivity contribution in [3.05, 3.63) is 29.6 Å². The Morgan fingerprint density at radius 1 is 1.17 bits per heavy atom. The minimum atomic E-state index is -4.73. The first-order valence-corrected chi connectivity index (χ1v) is 7.57. The number of alkyl halides is 3. The molecule has 24 heavy (non-hydrogen) atoms. The van der Waals surface area contributed by atoms with E-state index >= 15 is 0 Å². The summed E-state index contributed by atoms with van der Waals surface area (Å²) in [6.45, 7) is 5.26. The summed E-state index contributed by atoms with van der Waals surface area (Å²) in [7, 11) is 0. The number of rotatable bonds is 3. The van der Waals surface area contributed by atoms with Crippen LogP contribution in [0.25, 0.3) is 0 Å². The largest absolute Gasteiger partial charge is 0.444 e. The second-order valence-electron chi connectivity index (χ2n) is 6.85. The van der Waals surface area contributed by atoms with Gasteiger partial charge in [-0.25, -0.2) is 9.18 Å². The van der Waals surface area contributed by atoms with Crippen LogP contribution in [0.1, 0.15) is 39.2 Å². The maximum absolute atomic E-state index is 13.2. The smallest absolute Gasteiger partial charge is 0.419 e. The number of hydrogen-bond acceptors (Lipinski definition) is 3. The molecular weight excluding hydrogens is 328 g/mol. The number of alkyl carbamates (subject to hydrolysis) is 1. The van der Waals surface area contributed by atoms with E-state index < -0.39 is 29.3 Å². The van der Waals surface area contributed by atoms with Gasteiger partial charge in [-0.3, -0.25) is 0 Å². The lowest BCUT2D eigenvalue weighted by molar-refractivity contribution is -0.139. The van der Waals surface area contributed by atoms with E-state index in [2.05, 4.69) is 10.6 Å². The van der Waals surface area contributed by atoms with Crippen molar-refractivity contribution >= 4 is 11.8 Å². The predicted octanol–water partition coefficient (Wildman–Crippen LogP) is 4.31. The highest BCUT2D eigenvalue weighted by Gasteiger charge is 2.35. The Labute approximate surface area is 137 Å². The molecule has 1 aromatic carbocycles. The lowest BCUT2D eigenvalue weighted by Gasteiger charge is -2.37. The number of halogens is 4. The van der Waals surface area contributed by atoms with Gasteiger partial charge in [-0.1, -0.05) is 0 Å². The molecular formula is C16H20F4N2O2. The van der Waals surface area contributed by atoms with Crippen LogP contribution in [0.15, 0.2) is 18.2 Å². The molecule has 0 heterocycles. The lowest BCUT2D eigenvalue weighted by atomic mass is 9.86. The van der Waals surface area contributed by atoms with Gasteiger partial charge in [0.05, 0.1) is 5.56 Å². The standard InChI is InChI=1S/C16H20F4N2O2/c1-15(2,3)24-14(23)22-11-6-10(7-11)21-9-4-5-13(17)12(8-9)16(18,19)20/h4-5,8,10-11,21H,6-7H2,1-3H3,(H,22,23). The maximum atomic E-state index is 13.2. The molecule has 0 atom stereocenters. The quantitative estimate of drug-likeness (QED) is 0.800. The molecule has 134 valence electrons. The fraction of sp³-hybridized carbons (Fsp3) is 0.562. The molecule has 0 unspecified atom stereocenters. The second-order valence-corrected chi connectivity index (χ2v) is 6.85. The van der Waals surface area contributed by atoms with E-state index in [-0.39, 0.29) is 17.8 Å². The van der Waals surface area contributed by atoms with Gasteiger partial charge in [-0.2, -0.15) is 13.2 Å². The summed E-state index contributed by atoms with van der Waals surface area (Å²) in [4.78, 5) is 11.6. The zero-order valence-electron chi connectivity index (χ0n) is 13.6. The Balaban J connectivity index is 1.85. The first kappa shape index (κ1) is 18.4. The Hall–Kier alpha value is -1.99. The van der Waals surface area contributed by atoms with E-state index in [1.54, 1.807) is 20.8 Å². The summed E-state index contributed by atoms with van der Waals surface area (Å²) in [5.74, 6) is -1.30. The number of amides is 1. The molecule has 0 bridgehead atoms. The average molecular weight is 348 g/mol. The number of carbonyl (C=O) groups excluding carboxylic acids is 1. The van der Waals surface area contributed by atoms with Crippen molar-refractivity contribution in [2.45, 2.75) is 57.5 Å². The van der Waals surface area contributed by atoms with Crippen molar-refractivity contribution in [2.75, 3.05) is 5.32 Å². The number of anilines is 1. The molecule has 2 rings (SSSR count). The van der Waals surface area contributed by atoms with Crippen molar-refractivity contribution in [3.8, 4) is 0 Å². The number of nitrogens with one attached hydrogen (secondary N) is 2. The molecule has 1 aliphatic rings. The molecule has 0 aromatic heterocycles. The van der Waals surface area contributed by atoms with Crippen LogP contribution in [0.5, 0.6) is 0 Å². The summed E-state index contributed by atoms with van der Waals surface area (Å²) in [6, 6.07) is 2.63. The first-order chi connectivity index (χ1) is 10.9. The predicted molar refractivity (Wildman–Crippen MR) is 81.2 cm³/mol. The van der Waals surface area contributed by atoms with Crippen molar-refractivity contribution in [3.63, 3.8) is 0 Å². The number of hydrogen-bond donors (Lipinski definition) is 2. The third-order valence-electron chi connectivity index (χ3n) is 3.50. The van der Waals surface area contributed by atoms with Crippen molar-refractivity contribution in [2.24, 2.45) is 0 Å². The van der Waals surface area contributed by atoms with Gasteiger partial charge in [0, 0.05) is 17.8 Å². The van der Waals surface area contributed by atoms with E-state index in [0.29, 0.717) is 12.8 Å². The van der Waals surface area contributed by atoms with Gasteiger partial charge in [0.25, 0.3) is 0 Å². The first-order valence-electron chi connectivity index (χ1n) is 7.57. The number of benzene rings is 1. The maximum Gasteiger partial charge on any atom is 0.419 e. The van der Waals surface area contributed by atoms with Crippen molar-refractivity contribution < 1.29 is 27.1 Å². The summed E-state index contributed by atoms with van der Waals surface area (Å²) in [5, 5.41) is 5.60. The van der Waals surface area contributed by atoms with Crippen LogP contribution in [0.4, 0.5) is 28.0 Å². The minimum absolute atomic E-state index is 0.0866. The molecule has 1 aliphatic carbocycles. The monoisotopic (exact) mass is 348 g/mol. The van der Waals surface area contributed by atoms with Gasteiger partial charge >= 0.3 is 12.3 Å². The van der Waals surface area contributed by atoms with Gasteiger partial charge in [-0.15, -0.1) is 0 Å². The minimum Gasteiger partial charge on any atom is -0.444 e. The van der Waals surface area contributed by atoms with Gasteiger partial charge in [-0.05, 0) is 51.8 Å².